The zero-order valence-electron chi connectivity index (χ0n) is 26.7. The lowest BCUT2D eigenvalue weighted by Gasteiger charge is -2.39. The minimum atomic E-state index is -4.62. The summed E-state index contributed by atoms with van der Waals surface area (Å²) >= 11 is 12.5. The van der Waals surface area contributed by atoms with E-state index in [-0.39, 0.29) is 42.2 Å². The lowest BCUT2D eigenvalue weighted by atomic mass is 9.93. The van der Waals surface area contributed by atoms with Gasteiger partial charge in [0.1, 0.15) is 24.2 Å². The molecular weight excluding hydrogens is 666 g/mol. The number of ether oxygens (including phenoxy) is 1. The first-order valence-corrected chi connectivity index (χ1v) is 16.8. The van der Waals surface area contributed by atoms with E-state index in [0.29, 0.717) is 48.1 Å². The zero-order chi connectivity index (χ0) is 34.4. The van der Waals surface area contributed by atoms with Gasteiger partial charge in [-0.3, -0.25) is 14.7 Å². The third-order valence-electron chi connectivity index (χ3n) is 8.43. The predicted molar refractivity (Wildman–Crippen MR) is 181 cm³/mol. The van der Waals surface area contributed by atoms with Gasteiger partial charge in [-0.15, -0.1) is 0 Å². The maximum Gasteiger partial charge on any atom is 0.416 e. The van der Waals surface area contributed by atoms with Crippen molar-refractivity contribution in [2.75, 3.05) is 32.8 Å². The monoisotopic (exact) mass is 703 g/mol. The number of halogens is 5. The van der Waals surface area contributed by atoms with Gasteiger partial charge in [0.2, 0.25) is 5.91 Å². The van der Waals surface area contributed by atoms with Gasteiger partial charge in [0.15, 0.2) is 0 Å². The number of nitrogens with one attached hydrogen (secondary N) is 2. The van der Waals surface area contributed by atoms with Gasteiger partial charge in [0.25, 0.3) is 0 Å². The maximum atomic E-state index is 15.1. The summed E-state index contributed by atoms with van der Waals surface area (Å²) in [5.41, 5.74) is 0.746. The zero-order valence-corrected chi connectivity index (χ0v) is 28.2. The smallest absolute Gasteiger partial charge is 0.416 e. The highest BCUT2D eigenvalue weighted by molar-refractivity contribution is 6.30. The lowest BCUT2D eigenvalue weighted by molar-refractivity contribution is -0.137. The highest BCUT2D eigenvalue weighted by Gasteiger charge is 2.46. The number of rotatable bonds is 10. The number of carbonyl (C=O) groups is 2. The average molecular weight is 705 g/mol. The molecule has 2 aliphatic heterocycles. The van der Waals surface area contributed by atoms with Crippen LogP contribution in [0.1, 0.15) is 67.4 Å². The van der Waals surface area contributed by atoms with Gasteiger partial charge < -0.3 is 20.3 Å². The third kappa shape index (κ3) is 8.07. The molecule has 0 aromatic heterocycles. The standard InChI is InChI=1S/C35H38Cl2F3N5O3/c1-3-17-42-30(46)21-44(27-15-18-41-19-16-27)34(47)45-32(23-7-12-26(37)13-8-23)31(22-5-10-25(36)11-6-22)43-33(45)28-14-9-24(35(38,39)40)20-29(28)48-4-2/h5-14,20,27,31-32,41H,3-4,15-19,21H2,1-2H3,(H,42,46). The summed E-state index contributed by atoms with van der Waals surface area (Å²) in [6.45, 7) is 5.27. The molecule has 2 heterocycles. The van der Waals surface area contributed by atoms with Crippen molar-refractivity contribution >= 4 is 41.0 Å². The van der Waals surface area contributed by atoms with Crippen LogP contribution in [0.5, 0.6) is 5.75 Å². The molecule has 3 aromatic rings. The number of piperidine rings is 1. The second kappa shape index (κ2) is 15.6. The summed E-state index contributed by atoms with van der Waals surface area (Å²) in [5.74, 6) is -0.238. The Morgan fingerprint density at radius 1 is 0.979 bits per heavy atom. The molecule has 13 heteroatoms. The molecule has 0 aliphatic carbocycles. The van der Waals surface area contributed by atoms with Crippen molar-refractivity contribution in [2.45, 2.75) is 57.4 Å². The number of hydrogen-bond acceptors (Lipinski definition) is 5. The first-order chi connectivity index (χ1) is 23.0. The van der Waals surface area contributed by atoms with Crippen LogP contribution in [0.25, 0.3) is 0 Å². The van der Waals surface area contributed by atoms with Gasteiger partial charge in [0.05, 0.1) is 23.8 Å². The van der Waals surface area contributed by atoms with Gasteiger partial charge in [-0.25, -0.2) is 4.79 Å². The van der Waals surface area contributed by atoms with E-state index in [1.54, 1.807) is 48.2 Å². The van der Waals surface area contributed by atoms with Crippen molar-refractivity contribution in [1.82, 2.24) is 20.4 Å². The molecule has 2 unspecified atom stereocenters. The molecule has 0 spiro atoms. The first-order valence-electron chi connectivity index (χ1n) is 16.0. The van der Waals surface area contributed by atoms with Crippen LogP contribution in [0.3, 0.4) is 0 Å². The van der Waals surface area contributed by atoms with Crippen LogP contribution < -0.4 is 15.4 Å². The summed E-state index contributed by atoms with van der Waals surface area (Å²) in [4.78, 5) is 36.4. The molecule has 256 valence electrons. The highest BCUT2D eigenvalue weighted by atomic mass is 35.5. The fourth-order valence-corrected chi connectivity index (χ4v) is 6.35. The third-order valence-corrected chi connectivity index (χ3v) is 8.93. The molecule has 2 N–H and O–H groups in total. The van der Waals surface area contributed by atoms with Crippen molar-refractivity contribution in [3.8, 4) is 5.75 Å². The molecule has 8 nitrogen and oxygen atoms in total. The second-order valence-corrected chi connectivity index (χ2v) is 12.6. The minimum Gasteiger partial charge on any atom is -0.493 e. The van der Waals surface area contributed by atoms with Gasteiger partial charge in [0, 0.05) is 22.6 Å². The number of nitrogens with zero attached hydrogens (tertiary/aromatic N) is 3. The molecule has 0 saturated carbocycles. The lowest BCUT2D eigenvalue weighted by Crippen LogP contribution is -2.55. The molecule has 48 heavy (non-hydrogen) atoms. The Morgan fingerprint density at radius 2 is 1.60 bits per heavy atom. The number of alkyl halides is 3. The molecule has 3 amide bonds. The van der Waals surface area contributed by atoms with Gasteiger partial charge in [-0.05, 0) is 92.9 Å². The van der Waals surface area contributed by atoms with Gasteiger partial charge in [-0.1, -0.05) is 54.4 Å². The topological polar surface area (TPSA) is 86.3 Å². The Morgan fingerprint density at radius 3 is 2.19 bits per heavy atom. The SMILES string of the molecule is CCCNC(=O)CN(C(=O)N1C(c2ccc(C(F)(F)F)cc2OCC)=NC(c2ccc(Cl)cc2)C1c1ccc(Cl)cc1)C1CCNCC1. The van der Waals surface area contributed by atoms with Crippen LogP contribution in [-0.4, -0.2) is 66.4 Å². The van der Waals surface area contributed by atoms with Crippen LogP contribution >= 0.6 is 23.2 Å². The quantitative estimate of drug-likeness (QED) is 0.227. The fourth-order valence-electron chi connectivity index (χ4n) is 6.10. The van der Waals surface area contributed by atoms with Crippen molar-refractivity contribution in [2.24, 2.45) is 4.99 Å². The summed E-state index contributed by atoms with van der Waals surface area (Å²) in [6.07, 6.45) is -2.66. The number of benzene rings is 3. The molecule has 2 atom stereocenters. The van der Waals surface area contributed by atoms with E-state index >= 15 is 4.79 Å². The molecule has 3 aromatic carbocycles. The highest BCUT2D eigenvalue weighted by Crippen LogP contribution is 2.46. The van der Waals surface area contributed by atoms with E-state index < -0.39 is 29.9 Å². The Hall–Kier alpha value is -3.80. The molecule has 1 fully saturated rings. The molecule has 2 aliphatic rings. The molecule has 0 bridgehead atoms. The van der Waals surface area contributed by atoms with Crippen LogP contribution in [0.4, 0.5) is 18.0 Å². The Balaban J connectivity index is 1.71. The van der Waals surface area contributed by atoms with Gasteiger partial charge >= 0.3 is 12.2 Å². The fraction of sp³-hybridized carbons (Fsp3) is 0.400. The largest absolute Gasteiger partial charge is 0.493 e. The summed E-state index contributed by atoms with van der Waals surface area (Å²) in [6, 6.07) is 15.0. The predicted octanol–water partition coefficient (Wildman–Crippen LogP) is 7.66. The van der Waals surface area contributed by atoms with Gasteiger partial charge in [-0.2, -0.15) is 13.2 Å². The Labute approximate surface area is 288 Å². The van der Waals surface area contributed by atoms with E-state index in [1.165, 1.54) is 11.0 Å². The van der Waals surface area contributed by atoms with Crippen LogP contribution in [-0.2, 0) is 11.0 Å². The summed E-state index contributed by atoms with van der Waals surface area (Å²) in [7, 11) is 0. The number of hydrogen-bond donors (Lipinski definition) is 2. The van der Waals surface area contributed by atoms with Crippen molar-refractivity contribution in [3.63, 3.8) is 0 Å². The van der Waals surface area contributed by atoms with E-state index in [2.05, 4.69) is 10.6 Å². The van der Waals surface area contributed by atoms with E-state index in [1.807, 2.05) is 19.1 Å². The molecular formula is C35H38Cl2F3N5O3. The minimum absolute atomic E-state index is 0.0652. The summed E-state index contributed by atoms with van der Waals surface area (Å²) < 4.78 is 47.3. The van der Waals surface area contributed by atoms with E-state index in [4.69, 9.17) is 32.9 Å². The molecule has 5 rings (SSSR count). The van der Waals surface area contributed by atoms with Crippen molar-refractivity contribution in [3.05, 3.63) is 99.0 Å². The Bertz CT molecular complexity index is 1610. The maximum absolute atomic E-state index is 15.1. The number of carbonyl (C=O) groups excluding carboxylic acids is 2. The Kier molecular flexibility index (Phi) is 11.5. The van der Waals surface area contributed by atoms with Crippen LogP contribution in [0, 0.1) is 0 Å². The molecule has 1 saturated heterocycles. The van der Waals surface area contributed by atoms with Crippen LogP contribution in [0.2, 0.25) is 10.0 Å². The van der Waals surface area contributed by atoms with Crippen molar-refractivity contribution < 1.29 is 27.5 Å². The number of amidine groups is 1. The van der Waals surface area contributed by atoms with Crippen molar-refractivity contribution in [1.29, 1.82) is 0 Å². The van der Waals surface area contributed by atoms with E-state index in [0.717, 1.165) is 24.1 Å². The number of urea groups is 1. The molecule has 0 radical (unpaired) electrons. The van der Waals surface area contributed by atoms with E-state index in [9.17, 15) is 18.0 Å². The summed E-state index contributed by atoms with van der Waals surface area (Å²) in [5, 5.41) is 7.18. The normalized spacial score (nSPS) is 18.4. The average Bonchev–Trinajstić information content (AvgIpc) is 3.47. The number of amides is 3. The second-order valence-electron chi connectivity index (χ2n) is 11.7. The number of aliphatic imine (C=N–C) groups is 1. The van der Waals surface area contributed by atoms with Crippen LogP contribution in [0.15, 0.2) is 71.7 Å². The first kappa shape index (κ1) is 35.5.